The second kappa shape index (κ2) is 2.49. The highest BCUT2D eigenvalue weighted by atomic mass is 16.8. The highest BCUT2D eigenvalue weighted by molar-refractivity contribution is 5.72. The van der Waals surface area contributed by atoms with E-state index in [0.29, 0.717) is 0 Å². The quantitative estimate of drug-likeness (QED) is 0.630. The summed E-state index contributed by atoms with van der Waals surface area (Å²) in [4.78, 5) is 15.5. The van der Waals surface area contributed by atoms with Crippen molar-refractivity contribution in [2.75, 3.05) is 0 Å². The van der Waals surface area contributed by atoms with Gasteiger partial charge in [0.15, 0.2) is 0 Å². The van der Waals surface area contributed by atoms with Crippen LogP contribution in [0.25, 0.3) is 0 Å². The number of urea groups is 1. The Morgan fingerprint density at radius 1 is 1.42 bits per heavy atom. The molecule has 1 saturated heterocycles. The van der Waals surface area contributed by atoms with Gasteiger partial charge in [-0.15, -0.1) is 0 Å². The van der Waals surface area contributed by atoms with Crippen LogP contribution in [0.3, 0.4) is 0 Å². The maximum Gasteiger partial charge on any atom is 0.341 e. The van der Waals surface area contributed by atoms with E-state index in [9.17, 15) is 4.79 Å². The SMILES string of the molecule is NC(=O)N1OC1c1ccccc1. The van der Waals surface area contributed by atoms with E-state index in [0.717, 1.165) is 10.6 Å². The van der Waals surface area contributed by atoms with Crippen molar-refractivity contribution in [2.24, 2.45) is 5.73 Å². The summed E-state index contributed by atoms with van der Waals surface area (Å²) < 4.78 is 0. The molecule has 0 spiro atoms. The lowest BCUT2D eigenvalue weighted by molar-refractivity contribution is 0.185. The topological polar surface area (TPSA) is 58.6 Å². The molecular formula is C8H8N2O2. The number of hydroxylamine groups is 2. The summed E-state index contributed by atoms with van der Waals surface area (Å²) in [5.41, 5.74) is 5.93. The monoisotopic (exact) mass is 164 g/mol. The summed E-state index contributed by atoms with van der Waals surface area (Å²) in [7, 11) is 0. The van der Waals surface area contributed by atoms with Crippen LogP contribution in [0, 0.1) is 0 Å². The Hall–Kier alpha value is -1.55. The fourth-order valence-corrected chi connectivity index (χ4v) is 1.06. The lowest BCUT2D eigenvalue weighted by Gasteiger charge is -1.92. The van der Waals surface area contributed by atoms with E-state index in [1.54, 1.807) is 0 Å². The van der Waals surface area contributed by atoms with Crippen molar-refractivity contribution in [3.63, 3.8) is 0 Å². The molecule has 62 valence electrons. The Bertz CT molecular complexity index is 299. The minimum atomic E-state index is -0.552. The number of hydrogen-bond donors (Lipinski definition) is 1. The Kier molecular flexibility index (Phi) is 1.48. The summed E-state index contributed by atoms with van der Waals surface area (Å²) in [6.07, 6.45) is -0.274. The summed E-state index contributed by atoms with van der Waals surface area (Å²) >= 11 is 0. The molecule has 12 heavy (non-hydrogen) atoms. The molecule has 0 radical (unpaired) electrons. The van der Waals surface area contributed by atoms with E-state index in [2.05, 4.69) is 0 Å². The number of hydrogen-bond acceptors (Lipinski definition) is 2. The fraction of sp³-hybridized carbons (Fsp3) is 0.125. The molecule has 2 rings (SSSR count). The van der Waals surface area contributed by atoms with Crippen molar-refractivity contribution < 1.29 is 9.63 Å². The molecule has 0 aliphatic carbocycles. The third-order valence-corrected chi connectivity index (χ3v) is 1.68. The zero-order valence-electron chi connectivity index (χ0n) is 6.31. The van der Waals surface area contributed by atoms with Crippen LogP contribution < -0.4 is 5.73 Å². The van der Waals surface area contributed by atoms with Gasteiger partial charge in [0, 0.05) is 5.56 Å². The van der Waals surface area contributed by atoms with Gasteiger partial charge in [0.1, 0.15) is 0 Å². The van der Waals surface area contributed by atoms with Crippen LogP contribution in [-0.2, 0) is 4.84 Å². The summed E-state index contributed by atoms with van der Waals surface area (Å²) in [5, 5.41) is 1.13. The van der Waals surface area contributed by atoms with Crippen molar-refractivity contribution in [3.05, 3.63) is 35.9 Å². The number of carbonyl (C=O) groups is 1. The molecule has 1 aliphatic rings. The predicted molar refractivity (Wildman–Crippen MR) is 41.7 cm³/mol. The molecule has 0 aromatic heterocycles. The first-order valence-electron chi connectivity index (χ1n) is 3.59. The van der Waals surface area contributed by atoms with E-state index in [1.807, 2.05) is 30.3 Å². The van der Waals surface area contributed by atoms with Gasteiger partial charge in [-0.3, -0.25) is 0 Å². The number of nitrogens with zero attached hydrogens (tertiary/aromatic N) is 1. The zero-order valence-corrected chi connectivity index (χ0v) is 6.31. The third-order valence-electron chi connectivity index (χ3n) is 1.68. The highest BCUT2D eigenvalue weighted by Gasteiger charge is 2.41. The van der Waals surface area contributed by atoms with Crippen LogP contribution in [0.15, 0.2) is 30.3 Å². The molecule has 1 fully saturated rings. The summed E-state index contributed by atoms with van der Waals surface area (Å²) in [6.45, 7) is 0. The maximum atomic E-state index is 10.6. The van der Waals surface area contributed by atoms with E-state index in [1.165, 1.54) is 0 Å². The van der Waals surface area contributed by atoms with Crippen LogP contribution in [0.5, 0.6) is 0 Å². The van der Waals surface area contributed by atoms with E-state index >= 15 is 0 Å². The van der Waals surface area contributed by atoms with Gasteiger partial charge < -0.3 is 5.73 Å². The number of carbonyl (C=O) groups excluding carboxylic acids is 1. The Balaban J connectivity index is 2.11. The van der Waals surface area contributed by atoms with Gasteiger partial charge >= 0.3 is 6.03 Å². The lowest BCUT2D eigenvalue weighted by atomic mass is 10.2. The van der Waals surface area contributed by atoms with E-state index < -0.39 is 6.03 Å². The number of amides is 2. The summed E-state index contributed by atoms with van der Waals surface area (Å²) in [6, 6.07) is 8.89. The number of primary amides is 1. The van der Waals surface area contributed by atoms with Crippen molar-refractivity contribution in [1.29, 1.82) is 0 Å². The molecule has 1 aliphatic heterocycles. The first kappa shape index (κ1) is 7.12. The molecule has 1 aromatic carbocycles. The Morgan fingerprint density at radius 3 is 2.58 bits per heavy atom. The van der Waals surface area contributed by atoms with Gasteiger partial charge in [0.25, 0.3) is 0 Å². The molecule has 1 atom stereocenters. The van der Waals surface area contributed by atoms with Crippen molar-refractivity contribution >= 4 is 6.03 Å². The second-order valence-corrected chi connectivity index (χ2v) is 2.53. The van der Waals surface area contributed by atoms with Crippen LogP contribution >= 0.6 is 0 Å². The minimum Gasteiger partial charge on any atom is -0.350 e. The first-order valence-corrected chi connectivity index (χ1v) is 3.59. The largest absolute Gasteiger partial charge is 0.350 e. The van der Waals surface area contributed by atoms with Crippen LogP contribution in [0.4, 0.5) is 4.79 Å². The molecule has 2 N–H and O–H groups in total. The normalized spacial score (nSPS) is 20.7. The molecule has 1 unspecified atom stereocenters. The third kappa shape index (κ3) is 1.12. The van der Waals surface area contributed by atoms with Crippen molar-refractivity contribution in [2.45, 2.75) is 6.23 Å². The maximum absolute atomic E-state index is 10.6. The first-order chi connectivity index (χ1) is 5.79. The number of rotatable bonds is 1. The smallest absolute Gasteiger partial charge is 0.341 e. The van der Waals surface area contributed by atoms with Crippen LogP contribution in [0.1, 0.15) is 11.8 Å². The molecule has 4 heteroatoms. The van der Waals surface area contributed by atoms with Gasteiger partial charge in [-0.05, 0) is 0 Å². The standard InChI is InChI=1S/C8H8N2O2/c9-8(11)10-7(12-10)6-4-2-1-3-5-6/h1-5,7H,(H2,9,11). The Labute approximate surface area is 69.5 Å². The van der Waals surface area contributed by atoms with Crippen molar-refractivity contribution in [3.8, 4) is 0 Å². The molecule has 2 amide bonds. The van der Waals surface area contributed by atoms with Crippen LogP contribution in [0.2, 0.25) is 0 Å². The number of nitrogens with two attached hydrogens (primary N) is 1. The van der Waals surface area contributed by atoms with Crippen molar-refractivity contribution in [1.82, 2.24) is 5.06 Å². The highest BCUT2D eigenvalue weighted by Crippen LogP contribution is 2.35. The van der Waals surface area contributed by atoms with Crippen LogP contribution in [-0.4, -0.2) is 11.1 Å². The predicted octanol–water partition coefficient (Wildman–Crippen LogP) is 1.01. The van der Waals surface area contributed by atoms with Gasteiger partial charge in [0.05, 0.1) is 0 Å². The lowest BCUT2D eigenvalue weighted by Crippen LogP contribution is -2.18. The zero-order chi connectivity index (χ0) is 8.55. The molecular weight excluding hydrogens is 156 g/mol. The Morgan fingerprint density at radius 2 is 2.08 bits per heavy atom. The van der Waals surface area contributed by atoms with Gasteiger partial charge in [-0.2, -0.15) is 5.06 Å². The number of benzene rings is 1. The van der Waals surface area contributed by atoms with E-state index in [4.69, 9.17) is 10.6 Å². The molecule has 1 heterocycles. The summed E-state index contributed by atoms with van der Waals surface area (Å²) in [5.74, 6) is 0. The van der Waals surface area contributed by atoms with E-state index in [-0.39, 0.29) is 6.23 Å². The molecule has 1 aromatic rings. The second-order valence-electron chi connectivity index (χ2n) is 2.53. The molecule has 0 bridgehead atoms. The van der Waals surface area contributed by atoms with Gasteiger partial charge in [-0.1, -0.05) is 30.3 Å². The van der Waals surface area contributed by atoms with Gasteiger partial charge in [-0.25, -0.2) is 9.63 Å². The average molecular weight is 164 g/mol. The molecule has 4 nitrogen and oxygen atoms in total. The average Bonchev–Trinajstić information content (AvgIpc) is 2.84. The minimum absolute atomic E-state index is 0.274. The van der Waals surface area contributed by atoms with Gasteiger partial charge in [0.2, 0.25) is 6.23 Å². The molecule has 0 saturated carbocycles. The fourth-order valence-electron chi connectivity index (χ4n) is 1.06.